The zero-order chi connectivity index (χ0) is 18.2. The van der Waals surface area contributed by atoms with E-state index in [4.69, 9.17) is 9.47 Å². The van der Waals surface area contributed by atoms with Crippen molar-refractivity contribution in [1.82, 2.24) is 4.90 Å². The summed E-state index contributed by atoms with van der Waals surface area (Å²) < 4.78 is 37.7. The van der Waals surface area contributed by atoms with E-state index in [-0.39, 0.29) is 23.4 Å². The van der Waals surface area contributed by atoms with Gasteiger partial charge >= 0.3 is 6.09 Å². The fourth-order valence-corrected chi connectivity index (χ4v) is 3.80. The van der Waals surface area contributed by atoms with Crippen molar-refractivity contribution in [2.45, 2.75) is 58.2 Å². The molecule has 1 aliphatic heterocycles. The summed E-state index contributed by atoms with van der Waals surface area (Å²) in [5.74, 6) is -1.06. The Morgan fingerprint density at radius 1 is 1.20 bits per heavy atom. The molecule has 1 saturated heterocycles. The van der Waals surface area contributed by atoms with Gasteiger partial charge in [-0.2, -0.15) is 0 Å². The normalized spacial score (nSPS) is 26.3. The molecule has 3 rings (SSSR count). The summed E-state index contributed by atoms with van der Waals surface area (Å²) >= 11 is 0. The highest BCUT2D eigenvalue weighted by Crippen LogP contribution is 2.49. The number of carbonyl (C=O) groups is 1. The van der Waals surface area contributed by atoms with E-state index in [0.717, 1.165) is 31.7 Å². The van der Waals surface area contributed by atoms with Crippen LogP contribution < -0.4 is 4.74 Å². The van der Waals surface area contributed by atoms with Gasteiger partial charge in [0, 0.05) is 31.3 Å². The minimum atomic E-state index is -0.641. The molecule has 0 radical (unpaired) electrons. The van der Waals surface area contributed by atoms with E-state index in [0.29, 0.717) is 13.1 Å². The van der Waals surface area contributed by atoms with Crippen LogP contribution in [-0.2, 0) is 4.74 Å². The van der Waals surface area contributed by atoms with Crippen LogP contribution in [0.1, 0.15) is 46.5 Å². The molecule has 1 aromatic carbocycles. The number of rotatable bonds is 2. The van der Waals surface area contributed by atoms with Gasteiger partial charge in [0.2, 0.25) is 0 Å². The molecule has 1 aromatic rings. The maximum atomic E-state index is 13.2. The molecule has 6 heteroatoms. The molecule has 0 aromatic heterocycles. The van der Waals surface area contributed by atoms with Crippen molar-refractivity contribution in [2.24, 2.45) is 5.41 Å². The van der Waals surface area contributed by atoms with Crippen LogP contribution in [-0.4, -0.2) is 35.8 Å². The molecule has 2 fully saturated rings. The Morgan fingerprint density at radius 3 is 2.44 bits per heavy atom. The summed E-state index contributed by atoms with van der Waals surface area (Å²) in [6, 6.07) is 3.22. The largest absolute Gasteiger partial charge is 0.490 e. The van der Waals surface area contributed by atoms with Gasteiger partial charge in [-0.25, -0.2) is 13.6 Å². The Morgan fingerprint density at radius 2 is 1.84 bits per heavy atom. The van der Waals surface area contributed by atoms with E-state index in [2.05, 4.69) is 0 Å². The minimum absolute atomic E-state index is 0.0334. The van der Waals surface area contributed by atoms with E-state index >= 15 is 0 Å². The molecular weight excluding hydrogens is 328 g/mol. The molecule has 0 atom stereocenters. The first-order chi connectivity index (χ1) is 11.6. The van der Waals surface area contributed by atoms with Gasteiger partial charge in [-0.1, -0.05) is 0 Å². The second-order valence-corrected chi connectivity index (χ2v) is 8.26. The molecule has 138 valence electrons. The third-order valence-electron chi connectivity index (χ3n) is 4.77. The van der Waals surface area contributed by atoms with Gasteiger partial charge in [0.15, 0.2) is 0 Å². The van der Waals surface area contributed by atoms with E-state index in [1.807, 2.05) is 20.8 Å². The van der Waals surface area contributed by atoms with Gasteiger partial charge in [0.1, 0.15) is 23.0 Å². The average molecular weight is 353 g/mol. The maximum absolute atomic E-state index is 13.2. The molecule has 0 bridgehead atoms. The lowest BCUT2D eigenvalue weighted by molar-refractivity contribution is -0.0665. The number of hydrogen-bond acceptors (Lipinski definition) is 3. The van der Waals surface area contributed by atoms with E-state index in [1.54, 1.807) is 4.90 Å². The topological polar surface area (TPSA) is 38.8 Å². The zero-order valence-electron chi connectivity index (χ0n) is 15.0. The lowest BCUT2D eigenvalue weighted by atomic mass is 9.62. The molecule has 25 heavy (non-hydrogen) atoms. The molecule has 1 saturated carbocycles. The van der Waals surface area contributed by atoms with Crippen LogP contribution in [0.2, 0.25) is 0 Å². The second-order valence-electron chi connectivity index (χ2n) is 8.26. The van der Waals surface area contributed by atoms with Crippen molar-refractivity contribution in [3.63, 3.8) is 0 Å². The molecule has 0 N–H and O–H groups in total. The lowest BCUT2D eigenvalue weighted by Gasteiger charge is -2.52. The number of amides is 1. The predicted octanol–water partition coefficient (Wildman–Crippen LogP) is 4.52. The molecule has 2 aliphatic rings. The van der Waals surface area contributed by atoms with Gasteiger partial charge in [0.05, 0.1) is 6.10 Å². The van der Waals surface area contributed by atoms with Crippen LogP contribution in [0.3, 0.4) is 0 Å². The minimum Gasteiger partial charge on any atom is -0.490 e. The Bertz CT molecular complexity index is 630. The van der Waals surface area contributed by atoms with Gasteiger partial charge in [-0.15, -0.1) is 0 Å². The van der Waals surface area contributed by atoms with Crippen molar-refractivity contribution in [3.8, 4) is 5.75 Å². The number of nitrogens with zero attached hydrogens (tertiary/aromatic N) is 1. The highest BCUT2D eigenvalue weighted by molar-refractivity contribution is 5.68. The summed E-state index contributed by atoms with van der Waals surface area (Å²) in [5.41, 5.74) is -0.472. The summed E-state index contributed by atoms with van der Waals surface area (Å²) in [6.45, 7) is 6.93. The zero-order valence-corrected chi connectivity index (χ0v) is 15.0. The molecule has 1 aliphatic carbocycles. The fourth-order valence-electron chi connectivity index (χ4n) is 3.80. The Hall–Kier alpha value is -1.85. The van der Waals surface area contributed by atoms with Crippen LogP contribution in [0.4, 0.5) is 13.6 Å². The van der Waals surface area contributed by atoms with Crippen LogP contribution in [0.15, 0.2) is 18.2 Å². The molecule has 4 nitrogen and oxygen atoms in total. The fraction of sp³-hybridized carbons (Fsp3) is 0.632. The van der Waals surface area contributed by atoms with Crippen molar-refractivity contribution in [3.05, 3.63) is 29.8 Å². The smallest absolute Gasteiger partial charge is 0.410 e. The number of piperidine rings is 1. The van der Waals surface area contributed by atoms with Crippen molar-refractivity contribution >= 4 is 6.09 Å². The van der Waals surface area contributed by atoms with Crippen molar-refractivity contribution < 1.29 is 23.0 Å². The third-order valence-corrected chi connectivity index (χ3v) is 4.77. The first-order valence-corrected chi connectivity index (χ1v) is 8.75. The number of halogens is 2. The van der Waals surface area contributed by atoms with Gasteiger partial charge < -0.3 is 14.4 Å². The first-order valence-electron chi connectivity index (χ1n) is 8.75. The summed E-state index contributed by atoms with van der Waals surface area (Å²) in [5, 5.41) is 0. The molecule has 1 spiro atoms. The SMILES string of the molecule is CC(C)(C)OC(=O)N1CCCC2(CC(Oc3cc(F)cc(F)c3)C2)C1. The van der Waals surface area contributed by atoms with E-state index in [9.17, 15) is 13.6 Å². The summed E-state index contributed by atoms with van der Waals surface area (Å²) in [6.07, 6.45) is 3.18. The summed E-state index contributed by atoms with van der Waals surface area (Å²) in [4.78, 5) is 14.0. The lowest BCUT2D eigenvalue weighted by Crippen LogP contribution is -2.55. The monoisotopic (exact) mass is 353 g/mol. The average Bonchev–Trinajstić information content (AvgIpc) is 2.43. The Balaban J connectivity index is 1.55. The molecule has 1 heterocycles. The Kier molecular flexibility index (Phi) is 4.64. The van der Waals surface area contributed by atoms with Crippen LogP contribution in [0.25, 0.3) is 0 Å². The van der Waals surface area contributed by atoms with Gasteiger partial charge in [-0.05, 0) is 51.9 Å². The number of benzene rings is 1. The first kappa shape index (κ1) is 18.0. The highest BCUT2D eigenvalue weighted by atomic mass is 19.1. The van der Waals surface area contributed by atoms with Crippen molar-refractivity contribution in [2.75, 3.05) is 13.1 Å². The van der Waals surface area contributed by atoms with Crippen molar-refractivity contribution in [1.29, 1.82) is 0 Å². The molecule has 0 unspecified atom stereocenters. The number of likely N-dealkylation sites (tertiary alicyclic amines) is 1. The van der Waals surface area contributed by atoms with Crippen LogP contribution in [0, 0.1) is 17.0 Å². The number of ether oxygens (including phenoxy) is 2. The second kappa shape index (κ2) is 6.46. The van der Waals surface area contributed by atoms with E-state index < -0.39 is 17.2 Å². The maximum Gasteiger partial charge on any atom is 0.410 e. The molecular formula is C19H25F2NO3. The van der Waals surface area contributed by atoms with E-state index in [1.165, 1.54) is 12.1 Å². The van der Waals surface area contributed by atoms with Gasteiger partial charge in [0.25, 0.3) is 0 Å². The standard InChI is InChI=1S/C19H25F2NO3/c1-18(2,3)25-17(23)22-6-4-5-19(12-22)10-16(11-19)24-15-8-13(20)7-14(21)9-15/h7-9,16H,4-6,10-12H2,1-3H3. The predicted molar refractivity (Wildman–Crippen MR) is 89.5 cm³/mol. The van der Waals surface area contributed by atoms with Crippen LogP contribution in [0.5, 0.6) is 5.75 Å². The quantitative estimate of drug-likeness (QED) is 0.784. The Labute approximate surface area is 147 Å². The summed E-state index contributed by atoms with van der Waals surface area (Å²) in [7, 11) is 0. The molecule has 1 amide bonds. The number of carbonyl (C=O) groups excluding carboxylic acids is 1. The highest BCUT2D eigenvalue weighted by Gasteiger charge is 2.49. The van der Waals surface area contributed by atoms with Crippen LogP contribution >= 0.6 is 0 Å². The van der Waals surface area contributed by atoms with Gasteiger partial charge in [-0.3, -0.25) is 0 Å². The third kappa shape index (κ3) is 4.41. The number of hydrogen-bond donors (Lipinski definition) is 0.